The fourth-order valence-electron chi connectivity index (χ4n) is 5.77. The van der Waals surface area contributed by atoms with Crippen molar-refractivity contribution in [3.8, 4) is 11.1 Å². The van der Waals surface area contributed by atoms with E-state index in [2.05, 4.69) is 64.9 Å². The molecule has 0 spiro atoms. The number of hydrogen-bond acceptors (Lipinski definition) is 7. The van der Waals surface area contributed by atoms with E-state index in [0.717, 1.165) is 66.1 Å². The Bertz CT molecular complexity index is 1460. The zero-order chi connectivity index (χ0) is 24.9. The Morgan fingerprint density at radius 2 is 2.03 bits per heavy atom. The molecule has 0 radical (unpaired) electrons. The smallest absolute Gasteiger partial charge is 0.122 e. The lowest BCUT2D eigenvalue weighted by Crippen LogP contribution is -2.57. The zero-order valence-electron chi connectivity index (χ0n) is 21.0. The number of fused-ring (bicyclic) bond motifs is 3. The summed E-state index contributed by atoms with van der Waals surface area (Å²) in [7, 11) is 1.96. The quantitative estimate of drug-likeness (QED) is 0.452. The highest BCUT2D eigenvalue weighted by Gasteiger charge is 2.36. The van der Waals surface area contributed by atoms with Gasteiger partial charge in [0.1, 0.15) is 18.6 Å². The normalized spacial score (nSPS) is 23.8. The van der Waals surface area contributed by atoms with Gasteiger partial charge in [-0.2, -0.15) is 10.2 Å². The van der Waals surface area contributed by atoms with Gasteiger partial charge < -0.3 is 20.7 Å². The third kappa shape index (κ3) is 4.04. The van der Waals surface area contributed by atoms with Crippen molar-refractivity contribution in [1.29, 1.82) is 0 Å². The lowest BCUT2D eigenvalue weighted by atomic mass is 10.0. The molecule has 37 heavy (non-hydrogen) atoms. The molecule has 2 aromatic heterocycles. The summed E-state index contributed by atoms with van der Waals surface area (Å²) < 4.78 is 10.4. The van der Waals surface area contributed by atoms with Crippen LogP contribution in [0.2, 0.25) is 0 Å². The fraction of sp³-hybridized carbons (Fsp3) is 0.357. The van der Waals surface area contributed by atoms with E-state index in [1.54, 1.807) is 6.34 Å². The molecule has 0 aliphatic carbocycles. The van der Waals surface area contributed by atoms with Crippen LogP contribution in [-0.2, 0) is 11.3 Å². The maximum Gasteiger partial charge on any atom is 0.122 e. The molecule has 9 nitrogen and oxygen atoms in total. The van der Waals surface area contributed by atoms with Crippen molar-refractivity contribution in [2.45, 2.75) is 24.9 Å². The predicted octanol–water partition coefficient (Wildman–Crippen LogP) is 2.59. The van der Waals surface area contributed by atoms with Crippen molar-refractivity contribution in [3.05, 3.63) is 77.7 Å². The number of ether oxygens (including phenoxy) is 1. The fourth-order valence-corrected chi connectivity index (χ4v) is 5.77. The molecule has 0 saturated carbocycles. The first-order valence-corrected chi connectivity index (χ1v) is 13.0. The third-order valence-electron chi connectivity index (χ3n) is 7.85. The maximum atomic E-state index is 6.71. The number of benzene rings is 2. The zero-order valence-corrected chi connectivity index (χ0v) is 21.0. The second kappa shape index (κ2) is 9.11. The molecule has 5 heterocycles. The molecule has 2 fully saturated rings. The molecule has 4 aromatic rings. The van der Waals surface area contributed by atoms with Crippen molar-refractivity contribution >= 4 is 17.2 Å². The van der Waals surface area contributed by atoms with Gasteiger partial charge in [0.15, 0.2) is 0 Å². The number of nitrogens with zero attached hydrogens (tertiary/aromatic N) is 6. The first-order chi connectivity index (χ1) is 18.1. The maximum absolute atomic E-state index is 6.71. The van der Waals surface area contributed by atoms with E-state index in [4.69, 9.17) is 20.7 Å². The minimum atomic E-state index is -0.303. The molecule has 190 valence electrons. The summed E-state index contributed by atoms with van der Waals surface area (Å²) in [6.45, 7) is 5.36. The van der Waals surface area contributed by atoms with Crippen LogP contribution in [0.25, 0.3) is 22.0 Å². The number of morpholine rings is 1. The van der Waals surface area contributed by atoms with E-state index in [1.165, 1.54) is 5.56 Å². The van der Waals surface area contributed by atoms with Crippen molar-refractivity contribution < 1.29 is 4.74 Å². The second-order valence-electron chi connectivity index (χ2n) is 10.3. The van der Waals surface area contributed by atoms with Gasteiger partial charge >= 0.3 is 0 Å². The van der Waals surface area contributed by atoms with Gasteiger partial charge in [-0.3, -0.25) is 9.58 Å². The van der Waals surface area contributed by atoms with Crippen molar-refractivity contribution in [3.63, 3.8) is 0 Å². The van der Waals surface area contributed by atoms with E-state index >= 15 is 0 Å². The van der Waals surface area contributed by atoms with Crippen molar-refractivity contribution in [2.24, 2.45) is 10.8 Å². The minimum Gasteiger partial charge on any atom is -0.369 e. The van der Waals surface area contributed by atoms with Gasteiger partial charge in [-0.25, -0.2) is 4.68 Å². The SMILES string of the molecule is CN1C=Nn2c(C3CN4CCNCC4CO3)cc(-c3ccc4cn(Cc5ccccc5)nc4c3)c2C1N. The molecule has 0 amide bonds. The third-order valence-corrected chi connectivity index (χ3v) is 7.85. The lowest BCUT2D eigenvalue weighted by molar-refractivity contribution is -0.0745. The Labute approximate surface area is 216 Å². The van der Waals surface area contributed by atoms with Crippen LogP contribution < -0.4 is 11.1 Å². The van der Waals surface area contributed by atoms with Crippen molar-refractivity contribution in [1.82, 2.24) is 29.6 Å². The Hall–Kier alpha value is -3.50. The number of rotatable bonds is 4. The highest BCUT2D eigenvalue weighted by atomic mass is 16.5. The number of hydrogen-bond donors (Lipinski definition) is 2. The monoisotopic (exact) mass is 496 g/mol. The van der Waals surface area contributed by atoms with Gasteiger partial charge in [0.05, 0.1) is 30.1 Å². The predicted molar refractivity (Wildman–Crippen MR) is 144 cm³/mol. The van der Waals surface area contributed by atoms with Gasteiger partial charge in [0.25, 0.3) is 0 Å². The second-order valence-corrected chi connectivity index (χ2v) is 10.3. The standard InChI is InChI=1S/C28H32N8O/c1-33-18-31-36-25(26-16-34-10-9-30-13-22(34)17-37-26)12-23(27(36)28(33)29)20-7-8-21-15-35(32-24(21)11-20)14-19-5-3-2-4-6-19/h2-8,11-12,15,18,22,26,28,30H,9-10,13-14,16-17,29H2,1H3. The summed E-state index contributed by atoms with van der Waals surface area (Å²) in [6.07, 6.45) is 3.55. The molecular formula is C28H32N8O. The Morgan fingerprint density at radius 3 is 2.92 bits per heavy atom. The van der Waals surface area contributed by atoms with E-state index in [-0.39, 0.29) is 12.3 Å². The van der Waals surface area contributed by atoms with Crippen molar-refractivity contribution in [2.75, 3.05) is 39.8 Å². The van der Waals surface area contributed by atoms with Gasteiger partial charge in [-0.1, -0.05) is 42.5 Å². The van der Waals surface area contributed by atoms with Gasteiger partial charge in [0, 0.05) is 56.4 Å². The van der Waals surface area contributed by atoms with Crippen LogP contribution in [0, 0.1) is 0 Å². The molecule has 3 aliphatic heterocycles. The van der Waals surface area contributed by atoms with E-state index in [0.29, 0.717) is 12.6 Å². The highest BCUT2D eigenvalue weighted by Crippen LogP contribution is 2.38. The van der Waals surface area contributed by atoms with E-state index < -0.39 is 0 Å². The molecule has 3 unspecified atom stereocenters. The topological polar surface area (TPSA) is 88.9 Å². The molecular weight excluding hydrogens is 464 g/mol. The summed E-state index contributed by atoms with van der Waals surface area (Å²) in [6, 6.07) is 19.5. The molecule has 3 atom stereocenters. The lowest BCUT2D eigenvalue weighted by Gasteiger charge is -2.42. The number of piperazine rings is 1. The molecule has 2 saturated heterocycles. The minimum absolute atomic E-state index is 0.0524. The first-order valence-electron chi connectivity index (χ1n) is 13.0. The van der Waals surface area contributed by atoms with Gasteiger partial charge in [-0.05, 0) is 23.3 Å². The molecule has 3 N–H and O–H groups in total. The summed E-state index contributed by atoms with van der Waals surface area (Å²) in [5.74, 6) is 0. The number of nitrogens with one attached hydrogen (secondary N) is 1. The molecule has 2 aromatic carbocycles. The first kappa shape index (κ1) is 22.7. The molecule has 3 aliphatic rings. The van der Waals surface area contributed by atoms with Crippen LogP contribution in [0.15, 0.2) is 65.9 Å². The van der Waals surface area contributed by atoms with E-state index in [1.807, 2.05) is 27.4 Å². The number of nitrogens with two attached hydrogens (primary N) is 1. The molecule has 9 heteroatoms. The van der Waals surface area contributed by atoms with Gasteiger partial charge in [-0.15, -0.1) is 0 Å². The van der Waals surface area contributed by atoms with Crippen LogP contribution >= 0.6 is 0 Å². The Morgan fingerprint density at radius 1 is 1.14 bits per heavy atom. The summed E-state index contributed by atoms with van der Waals surface area (Å²) in [5.41, 5.74) is 13.1. The van der Waals surface area contributed by atoms with Crippen LogP contribution in [0.3, 0.4) is 0 Å². The number of aromatic nitrogens is 3. The summed E-state index contributed by atoms with van der Waals surface area (Å²) in [4.78, 5) is 4.48. The summed E-state index contributed by atoms with van der Waals surface area (Å²) >= 11 is 0. The molecule has 0 bridgehead atoms. The van der Waals surface area contributed by atoms with Crippen LogP contribution in [0.5, 0.6) is 0 Å². The summed E-state index contributed by atoms with van der Waals surface area (Å²) in [5, 5.41) is 14.2. The molecule has 7 rings (SSSR count). The van der Waals surface area contributed by atoms with Crippen LogP contribution in [0.1, 0.15) is 29.2 Å². The average Bonchev–Trinajstić information content (AvgIpc) is 3.52. The average molecular weight is 497 g/mol. The Balaban J connectivity index is 1.26. The van der Waals surface area contributed by atoms with Gasteiger partial charge in [0.2, 0.25) is 0 Å². The van der Waals surface area contributed by atoms with E-state index in [9.17, 15) is 0 Å². The van der Waals surface area contributed by atoms with Crippen LogP contribution in [-0.4, -0.2) is 76.5 Å². The highest BCUT2D eigenvalue weighted by molar-refractivity contribution is 5.85. The van der Waals surface area contributed by atoms with Crippen LogP contribution in [0.4, 0.5) is 0 Å². The largest absolute Gasteiger partial charge is 0.369 e. The Kier molecular flexibility index (Phi) is 5.58.